The Morgan fingerprint density at radius 1 is 1.44 bits per heavy atom. The van der Waals surface area contributed by atoms with E-state index in [9.17, 15) is 0 Å². The lowest BCUT2D eigenvalue weighted by Crippen LogP contribution is -2.16. The van der Waals surface area contributed by atoms with Crippen molar-refractivity contribution in [1.29, 1.82) is 0 Å². The molecule has 1 aromatic heterocycles. The number of rotatable bonds is 4. The van der Waals surface area contributed by atoms with Crippen LogP contribution in [-0.2, 0) is 13.5 Å². The van der Waals surface area contributed by atoms with Crippen LogP contribution >= 0.6 is 0 Å². The molecule has 2 aromatic rings. The molecule has 5 heteroatoms. The first-order chi connectivity index (χ1) is 8.61. The van der Waals surface area contributed by atoms with E-state index in [2.05, 4.69) is 16.1 Å². The van der Waals surface area contributed by atoms with Gasteiger partial charge in [-0.05, 0) is 24.1 Å². The summed E-state index contributed by atoms with van der Waals surface area (Å²) in [6.45, 7) is 2.01. The molecule has 0 fully saturated rings. The third-order valence-electron chi connectivity index (χ3n) is 3.05. The predicted molar refractivity (Wildman–Crippen MR) is 69.4 cm³/mol. The summed E-state index contributed by atoms with van der Waals surface area (Å²) in [5.74, 6) is 1.76. The number of nitrogens with zero attached hydrogens (tertiary/aromatic N) is 3. The minimum absolute atomic E-state index is 0.0856. The van der Waals surface area contributed by atoms with Crippen LogP contribution < -0.4 is 10.5 Å². The SMILES string of the molecule is COc1ccc(C(N)Cc2ncnn2C)cc1C. The highest BCUT2D eigenvalue weighted by Gasteiger charge is 2.12. The first-order valence-electron chi connectivity index (χ1n) is 5.85. The molecule has 5 nitrogen and oxygen atoms in total. The van der Waals surface area contributed by atoms with E-state index in [0.29, 0.717) is 6.42 Å². The van der Waals surface area contributed by atoms with Crippen molar-refractivity contribution >= 4 is 0 Å². The molecule has 1 heterocycles. The zero-order valence-corrected chi connectivity index (χ0v) is 10.9. The van der Waals surface area contributed by atoms with Gasteiger partial charge in [0, 0.05) is 19.5 Å². The van der Waals surface area contributed by atoms with Gasteiger partial charge in [0.15, 0.2) is 0 Å². The van der Waals surface area contributed by atoms with Gasteiger partial charge in [-0.1, -0.05) is 12.1 Å². The van der Waals surface area contributed by atoms with Crippen LogP contribution in [0.4, 0.5) is 0 Å². The highest BCUT2D eigenvalue weighted by atomic mass is 16.5. The van der Waals surface area contributed by atoms with Crippen LogP contribution in [0.2, 0.25) is 0 Å². The quantitative estimate of drug-likeness (QED) is 0.885. The molecule has 1 atom stereocenters. The number of aromatic nitrogens is 3. The van der Waals surface area contributed by atoms with Crippen molar-refractivity contribution in [3.63, 3.8) is 0 Å². The van der Waals surface area contributed by atoms with Crippen LogP contribution in [0.5, 0.6) is 5.75 Å². The summed E-state index contributed by atoms with van der Waals surface area (Å²) >= 11 is 0. The number of aryl methyl sites for hydroxylation is 2. The summed E-state index contributed by atoms with van der Waals surface area (Å²) in [7, 11) is 3.54. The lowest BCUT2D eigenvalue weighted by Gasteiger charge is -2.13. The van der Waals surface area contributed by atoms with Crippen molar-refractivity contribution in [3.05, 3.63) is 41.5 Å². The lowest BCUT2D eigenvalue weighted by molar-refractivity contribution is 0.411. The van der Waals surface area contributed by atoms with Gasteiger partial charge >= 0.3 is 0 Å². The van der Waals surface area contributed by atoms with Gasteiger partial charge in [0.1, 0.15) is 17.9 Å². The molecule has 0 saturated carbocycles. The van der Waals surface area contributed by atoms with Crippen LogP contribution in [0.15, 0.2) is 24.5 Å². The Bertz CT molecular complexity index is 536. The van der Waals surface area contributed by atoms with Gasteiger partial charge in [0.25, 0.3) is 0 Å². The Balaban J connectivity index is 2.16. The molecular weight excluding hydrogens is 228 g/mol. The summed E-state index contributed by atoms with van der Waals surface area (Å²) in [5.41, 5.74) is 8.36. The summed E-state index contributed by atoms with van der Waals surface area (Å²) in [6, 6.07) is 5.91. The number of nitrogens with two attached hydrogens (primary N) is 1. The van der Waals surface area contributed by atoms with Crippen LogP contribution in [0, 0.1) is 6.92 Å². The molecule has 2 rings (SSSR count). The average Bonchev–Trinajstić information content (AvgIpc) is 2.75. The smallest absolute Gasteiger partial charge is 0.138 e. The van der Waals surface area contributed by atoms with Crippen LogP contribution in [0.1, 0.15) is 23.0 Å². The third-order valence-corrected chi connectivity index (χ3v) is 3.05. The van der Waals surface area contributed by atoms with E-state index in [1.165, 1.54) is 0 Å². The highest BCUT2D eigenvalue weighted by Crippen LogP contribution is 2.22. The molecule has 0 aliphatic heterocycles. The molecule has 1 unspecified atom stereocenters. The number of hydrogen-bond acceptors (Lipinski definition) is 4. The van der Waals surface area contributed by atoms with E-state index < -0.39 is 0 Å². The number of benzene rings is 1. The van der Waals surface area contributed by atoms with E-state index in [4.69, 9.17) is 10.5 Å². The number of methoxy groups -OCH3 is 1. The summed E-state index contributed by atoms with van der Waals surface area (Å²) in [4.78, 5) is 4.18. The molecule has 96 valence electrons. The highest BCUT2D eigenvalue weighted by molar-refractivity contribution is 5.37. The Kier molecular flexibility index (Phi) is 3.62. The molecule has 0 aliphatic rings. The maximum absolute atomic E-state index is 6.19. The fourth-order valence-electron chi connectivity index (χ4n) is 1.95. The van der Waals surface area contributed by atoms with Gasteiger partial charge in [0.2, 0.25) is 0 Å². The maximum Gasteiger partial charge on any atom is 0.138 e. The molecule has 0 spiro atoms. The fraction of sp³-hybridized carbons (Fsp3) is 0.385. The first-order valence-corrected chi connectivity index (χ1v) is 5.85. The topological polar surface area (TPSA) is 66.0 Å². The summed E-state index contributed by atoms with van der Waals surface area (Å²) in [6.07, 6.45) is 2.21. The van der Waals surface area contributed by atoms with Gasteiger partial charge in [-0.2, -0.15) is 5.10 Å². The second-order valence-corrected chi connectivity index (χ2v) is 4.34. The minimum atomic E-state index is -0.0856. The van der Waals surface area contributed by atoms with Crippen molar-refractivity contribution in [2.45, 2.75) is 19.4 Å². The molecule has 0 amide bonds. The zero-order valence-electron chi connectivity index (χ0n) is 10.9. The number of hydrogen-bond donors (Lipinski definition) is 1. The second kappa shape index (κ2) is 5.18. The fourth-order valence-corrected chi connectivity index (χ4v) is 1.95. The van der Waals surface area contributed by atoms with Crippen molar-refractivity contribution in [3.8, 4) is 5.75 Å². The minimum Gasteiger partial charge on any atom is -0.496 e. The Morgan fingerprint density at radius 3 is 2.78 bits per heavy atom. The maximum atomic E-state index is 6.19. The van der Waals surface area contributed by atoms with Crippen molar-refractivity contribution in [2.24, 2.45) is 12.8 Å². The summed E-state index contributed by atoms with van der Waals surface area (Å²) < 4.78 is 6.98. The third kappa shape index (κ3) is 2.51. The van der Waals surface area contributed by atoms with E-state index in [1.807, 2.05) is 26.1 Å². The molecule has 2 N–H and O–H groups in total. The van der Waals surface area contributed by atoms with Gasteiger partial charge in [-0.25, -0.2) is 4.98 Å². The molecule has 1 aromatic carbocycles. The molecule has 0 saturated heterocycles. The van der Waals surface area contributed by atoms with E-state index >= 15 is 0 Å². The predicted octanol–water partition coefficient (Wildman–Crippen LogP) is 1.37. The molecular formula is C13H18N4O. The second-order valence-electron chi connectivity index (χ2n) is 4.34. The molecule has 18 heavy (non-hydrogen) atoms. The van der Waals surface area contributed by atoms with Crippen molar-refractivity contribution < 1.29 is 4.74 Å². The Hall–Kier alpha value is -1.88. The zero-order chi connectivity index (χ0) is 13.1. The van der Waals surface area contributed by atoms with E-state index in [1.54, 1.807) is 18.1 Å². The van der Waals surface area contributed by atoms with Crippen LogP contribution in [0.3, 0.4) is 0 Å². The van der Waals surface area contributed by atoms with E-state index in [0.717, 1.165) is 22.7 Å². The van der Waals surface area contributed by atoms with Gasteiger partial charge in [-0.15, -0.1) is 0 Å². The summed E-state index contributed by atoms with van der Waals surface area (Å²) in [5, 5.41) is 4.04. The molecule has 0 aliphatic carbocycles. The molecule has 0 radical (unpaired) electrons. The van der Waals surface area contributed by atoms with Gasteiger partial charge in [0.05, 0.1) is 7.11 Å². The first kappa shape index (κ1) is 12.6. The van der Waals surface area contributed by atoms with Crippen LogP contribution in [-0.4, -0.2) is 21.9 Å². The van der Waals surface area contributed by atoms with Crippen LogP contribution in [0.25, 0.3) is 0 Å². The standard InChI is InChI=1S/C13H18N4O/c1-9-6-10(4-5-12(9)18-3)11(14)7-13-15-8-16-17(13)2/h4-6,8,11H,7,14H2,1-3H3. The van der Waals surface area contributed by atoms with E-state index in [-0.39, 0.29) is 6.04 Å². The van der Waals surface area contributed by atoms with Gasteiger partial charge < -0.3 is 10.5 Å². The van der Waals surface area contributed by atoms with Gasteiger partial charge in [-0.3, -0.25) is 4.68 Å². The monoisotopic (exact) mass is 246 g/mol. The Morgan fingerprint density at radius 2 is 2.22 bits per heavy atom. The van der Waals surface area contributed by atoms with Crippen molar-refractivity contribution in [2.75, 3.05) is 7.11 Å². The average molecular weight is 246 g/mol. The normalized spacial score (nSPS) is 12.4. The molecule has 0 bridgehead atoms. The lowest BCUT2D eigenvalue weighted by atomic mass is 10.0. The largest absolute Gasteiger partial charge is 0.496 e. The Labute approximate surface area is 107 Å². The number of ether oxygens (including phenoxy) is 1. The van der Waals surface area contributed by atoms with Crippen molar-refractivity contribution in [1.82, 2.24) is 14.8 Å².